The van der Waals surface area contributed by atoms with E-state index >= 15 is 0 Å². The Balaban J connectivity index is 2.08. The fourth-order valence-corrected chi connectivity index (χ4v) is 6.43. The molecular weight excluding hydrogens is 591 g/mol. The maximum absolute atomic E-state index is 14.3. The molecule has 0 radical (unpaired) electrons. The Morgan fingerprint density at radius 2 is 1.79 bits per heavy atom. The summed E-state index contributed by atoms with van der Waals surface area (Å²) in [5.74, 6) is 0.131. The summed E-state index contributed by atoms with van der Waals surface area (Å²) in [6.07, 6.45) is 0. The zero-order valence-corrected chi connectivity index (χ0v) is 26.0. The molecule has 2 aromatic carbocycles. The van der Waals surface area contributed by atoms with Crippen LogP contribution >= 0.6 is 15.9 Å². The fourth-order valence-electron chi connectivity index (χ4n) is 3.78. The van der Waals surface area contributed by atoms with Crippen LogP contribution in [0.25, 0.3) is 11.1 Å². The maximum Gasteiger partial charge on any atom is 0.269 e. The van der Waals surface area contributed by atoms with Crippen molar-refractivity contribution in [1.29, 1.82) is 0 Å². The number of ether oxygens (including phenoxy) is 2. The molecule has 0 fully saturated rings. The minimum atomic E-state index is -4.14. The third kappa shape index (κ3) is 7.53. The van der Waals surface area contributed by atoms with Gasteiger partial charge in [-0.3, -0.25) is 0 Å². The van der Waals surface area contributed by atoms with Crippen LogP contribution in [0, 0.1) is 13.8 Å². The molecule has 0 aliphatic rings. The summed E-state index contributed by atoms with van der Waals surface area (Å²) in [6.45, 7) is 10.0. The van der Waals surface area contributed by atoms with Crippen LogP contribution in [0.5, 0.6) is 0 Å². The molecule has 0 atom stereocenters. The van der Waals surface area contributed by atoms with E-state index in [1.807, 2.05) is 18.2 Å². The molecule has 0 amide bonds. The van der Waals surface area contributed by atoms with Crippen molar-refractivity contribution in [3.8, 4) is 11.1 Å². The molecule has 208 valence electrons. The van der Waals surface area contributed by atoms with Crippen molar-refractivity contribution in [2.45, 2.75) is 56.4 Å². The van der Waals surface area contributed by atoms with Crippen molar-refractivity contribution < 1.29 is 26.8 Å². The second-order valence-corrected chi connectivity index (χ2v) is 18.3. The monoisotopic (exact) mass is 626 g/mol. The number of aryl methyl sites for hydroxylation is 1. The van der Waals surface area contributed by atoms with Crippen LogP contribution < -0.4 is 4.31 Å². The number of nitrogens with zero attached hydrogens (tertiary/aromatic N) is 2. The van der Waals surface area contributed by atoms with Crippen molar-refractivity contribution in [3.63, 3.8) is 0 Å². The Morgan fingerprint density at radius 1 is 1.05 bits per heavy atom. The van der Waals surface area contributed by atoms with E-state index < -0.39 is 24.8 Å². The molecular formula is C27H36BrFN2O5SSi. The number of alkyl halides is 2. The first-order chi connectivity index (χ1) is 18.0. The van der Waals surface area contributed by atoms with Gasteiger partial charge in [-0.15, -0.1) is 0 Å². The highest BCUT2D eigenvalue weighted by molar-refractivity contribution is 9.08. The van der Waals surface area contributed by atoms with Gasteiger partial charge in [0.25, 0.3) is 10.0 Å². The summed E-state index contributed by atoms with van der Waals surface area (Å²) in [5, 5.41) is 4.61. The lowest BCUT2D eigenvalue weighted by atomic mass is 9.98. The Kier molecular flexibility index (Phi) is 10.7. The molecule has 11 heteroatoms. The van der Waals surface area contributed by atoms with Gasteiger partial charge in [0.2, 0.25) is 5.88 Å². The first kappa shape index (κ1) is 30.5. The van der Waals surface area contributed by atoms with Crippen molar-refractivity contribution in [1.82, 2.24) is 5.16 Å². The Bertz CT molecular complexity index is 1330. The topological polar surface area (TPSA) is 81.9 Å². The zero-order valence-electron chi connectivity index (χ0n) is 22.6. The van der Waals surface area contributed by atoms with E-state index in [9.17, 15) is 12.8 Å². The number of rotatable bonds is 14. The van der Waals surface area contributed by atoms with Crippen molar-refractivity contribution in [2.75, 3.05) is 30.9 Å². The predicted octanol–water partition coefficient (Wildman–Crippen LogP) is 6.85. The van der Waals surface area contributed by atoms with Gasteiger partial charge in [-0.2, -0.15) is 0 Å². The van der Waals surface area contributed by atoms with E-state index in [0.717, 1.165) is 21.5 Å². The highest BCUT2D eigenvalue weighted by Crippen LogP contribution is 2.36. The van der Waals surface area contributed by atoms with Crippen LogP contribution in [0.2, 0.25) is 25.7 Å². The lowest BCUT2D eigenvalue weighted by Crippen LogP contribution is -2.34. The van der Waals surface area contributed by atoms with Gasteiger partial charge in [0, 0.05) is 31.1 Å². The second kappa shape index (κ2) is 13.3. The normalized spacial score (nSPS) is 12.2. The number of benzene rings is 2. The fraction of sp³-hybridized carbons (Fsp3) is 0.444. The highest BCUT2D eigenvalue weighted by Gasteiger charge is 2.33. The summed E-state index contributed by atoms with van der Waals surface area (Å²) >= 11 is 3.47. The first-order valence-electron chi connectivity index (χ1n) is 12.4. The maximum atomic E-state index is 14.3. The van der Waals surface area contributed by atoms with Crippen LogP contribution in [-0.4, -0.2) is 48.3 Å². The third-order valence-electron chi connectivity index (χ3n) is 6.11. The smallest absolute Gasteiger partial charge is 0.269 e. The van der Waals surface area contributed by atoms with Crippen LogP contribution in [0.3, 0.4) is 0 Å². The minimum Gasteiger partial charge on any atom is -0.374 e. The molecule has 0 bridgehead atoms. The van der Waals surface area contributed by atoms with Crippen LogP contribution in [0.4, 0.5) is 10.3 Å². The van der Waals surface area contributed by atoms with Gasteiger partial charge >= 0.3 is 0 Å². The molecule has 1 heterocycles. The van der Waals surface area contributed by atoms with E-state index in [4.69, 9.17) is 14.0 Å². The Labute approximate surface area is 234 Å². The molecule has 0 spiro atoms. The molecule has 0 saturated carbocycles. The summed E-state index contributed by atoms with van der Waals surface area (Å²) in [6, 6.07) is 13.4. The molecule has 1 aromatic heterocycles. The van der Waals surface area contributed by atoms with Gasteiger partial charge in [-0.1, -0.05) is 77.1 Å². The predicted molar refractivity (Wildman–Crippen MR) is 155 cm³/mol. The van der Waals surface area contributed by atoms with Crippen LogP contribution in [0.1, 0.15) is 22.4 Å². The molecule has 3 aromatic rings. The van der Waals surface area contributed by atoms with Gasteiger partial charge < -0.3 is 14.0 Å². The quantitative estimate of drug-likeness (QED) is 0.0842. The van der Waals surface area contributed by atoms with E-state index in [1.165, 1.54) is 0 Å². The van der Waals surface area contributed by atoms with Gasteiger partial charge in [0.05, 0.1) is 23.8 Å². The van der Waals surface area contributed by atoms with Crippen molar-refractivity contribution in [2.24, 2.45) is 0 Å². The van der Waals surface area contributed by atoms with Crippen LogP contribution in [0.15, 0.2) is 51.9 Å². The average molecular weight is 628 g/mol. The molecule has 0 unspecified atom stereocenters. The zero-order chi connectivity index (χ0) is 27.9. The second-order valence-electron chi connectivity index (χ2n) is 10.3. The van der Waals surface area contributed by atoms with Crippen LogP contribution in [-0.2, 0) is 31.4 Å². The first-order valence-corrected chi connectivity index (χ1v) is 18.7. The number of halogens is 2. The molecule has 7 nitrogen and oxygen atoms in total. The third-order valence-corrected chi connectivity index (χ3v) is 10.2. The molecule has 0 aliphatic carbocycles. The summed E-state index contributed by atoms with van der Waals surface area (Å²) < 4.78 is 59.3. The molecule has 0 saturated heterocycles. The molecule has 38 heavy (non-hydrogen) atoms. The van der Waals surface area contributed by atoms with Crippen molar-refractivity contribution >= 4 is 39.9 Å². The highest BCUT2D eigenvalue weighted by atomic mass is 79.9. The standard InChI is InChI=1S/C27H36BrFN2O5SSi/c1-20-21(2)30-36-27(20)31(19-35-14-15-38(3,4)5)37(32,33)26-9-7-6-8-25(26)24-11-10-22(17-28)16-23(24)18-34-13-12-29/h6-11,16H,12-15,17-19H2,1-5H3. The Morgan fingerprint density at radius 3 is 2.42 bits per heavy atom. The Hall–Kier alpha value is -2.05. The summed E-state index contributed by atoms with van der Waals surface area (Å²) in [5.41, 5.74) is 4.20. The number of sulfonamides is 1. The number of anilines is 1. The number of aromatic nitrogens is 1. The summed E-state index contributed by atoms with van der Waals surface area (Å²) in [7, 11) is -5.51. The molecule has 0 aliphatic heterocycles. The van der Waals surface area contributed by atoms with Gasteiger partial charge in [-0.25, -0.2) is 17.1 Å². The lowest BCUT2D eigenvalue weighted by Gasteiger charge is -2.24. The molecule has 3 rings (SSSR count). The molecule has 0 N–H and O–H groups in total. The van der Waals surface area contributed by atoms with Gasteiger partial charge in [0.15, 0.2) is 0 Å². The SMILES string of the molecule is Cc1noc(N(COCC[Si](C)(C)C)S(=O)(=O)c2ccccc2-c2ccc(CBr)cc2COCCF)c1C. The average Bonchev–Trinajstić information content (AvgIpc) is 3.20. The lowest BCUT2D eigenvalue weighted by molar-refractivity contribution is 0.107. The van der Waals surface area contributed by atoms with E-state index in [-0.39, 0.29) is 30.7 Å². The largest absolute Gasteiger partial charge is 0.374 e. The number of hydrogen-bond acceptors (Lipinski definition) is 6. The van der Waals surface area contributed by atoms with Crippen molar-refractivity contribution in [3.05, 3.63) is 64.8 Å². The number of hydrogen-bond donors (Lipinski definition) is 0. The van der Waals surface area contributed by atoms with E-state index in [1.54, 1.807) is 38.1 Å². The van der Waals surface area contributed by atoms with E-state index in [2.05, 4.69) is 40.7 Å². The van der Waals surface area contributed by atoms with E-state index in [0.29, 0.717) is 34.3 Å². The van der Waals surface area contributed by atoms with Gasteiger partial charge in [0.1, 0.15) is 13.4 Å². The minimum absolute atomic E-state index is 0.0371. The summed E-state index contributed by atoms with van der Waals surface area (Å²) in [4.78, 5) is 0.0978. The van der Waals surface area contributed by atoms with Gasteiger partial charge in [-0.05, 0) is 42.6 Å².